The van der Waals surface area contributed by atoms with Gasteiger partial charge in [0.2, 0.25) is 5.91 Å². The van der Waals surface area contributed by atoms with E-state index in [1.54, 1.807) is 6.08 Å². The number of aliphatic hydroxyl groups is 11. The van der Waals surface area contributed by atoms with Crippen LogP contribution in [0.3, 0.4) is 0 Å². The molecule has 0 aliphatic carbocycles. The Kier molecular flexibility index (Phi) is 58.4. The maximum atomic E-state index is 13.5. The van der Waals surface area contributed by atoms with Crippen molar-refractivity contribution in [3.05, 3.63) is 85.1 Å². The Morgan fingerprint density at radius 1 is 0.359 bits per heavy atom. The van der Waals surface area contributed by atoms with E-state index in [-0.39, 0.29) is 18.9 Å². The number of allylic oxidation sites excluding steroid dienone is 13. The van der Waals surface area contributed by atoms with E-state index in [4.69, 9.17) is 28.4 Å². The third kappa shape index (κ3) is 43.7. The van der Waals surface area contributed by atoms with Crippen LogP contribution >= 0.6 is 0 Å². The Hall–Kier alpha value is -3.03. The maximum Gasteiger partial charge on any atom is 0.220 e. The summed E-state index contributed by atoms with van der Waals surface area (Å²) in [6.07, 6.45) is 58.8. The van der Waals surface area contributed by atoms with Gasteiger partial charge in [0.25, 0.3) is 0 Å². The van der Waals surface area contributed by atoms with E-state index in [1.807, 2.05) is 6.08 Å². The minimum Gasteiger partial charge on any atom is -0.394 e. The summed E-state index contributed by atoms with van der Waals surface area (Å²) in [7, 11) is 0. The van der Waals surface area contributed by atoms with Crippen molar-refractivity contribution in [2.24, 2.45) is 0 Å². The largest absolute Gasteiger partial charge is 0.394 e. The summed E-state index contributed by atoms with van der Waals surface area (Å²) in [5.41, 5.74) is 0. The third-order valence-corrected chi connectivity index (χ3v) is 20.2. The van der Waals surface area contributed by atoms with Crippen molar-refractivity contribution in [3.63, 3.8) is 0 Å². The summed E-state index contributed by atoms with van der Waals surface area (Å²) in [6.45, 7) is 1.62. The van der Waals surface area contributed by atoms with E-state index in [0.717, 1.165) is 70.6 Å². The summed E-state index contributed by atoms with van der Waals surface area (Å²) < 4.78 is 34.4. The van der Waals surface area contributed by atoms with Crippen LogP contribution in [0.4, 0.5) is 0 Å². The number of ether oxygens (including phenoxy) is 6. The molecule has 0 spiro atoms. The maximum absolute atomic E-state index is 13.5. The summed E-state index contributed by atoms with van der Waals surface area (Å²) in [4.78, 5) is 13.5. The number of hydrogen-bond donors (Lipinski definition) is 12. The molecule has 3 fully saturated rings. The van der Waals surface area contributed by atoms with E-state index in [2.05, 4.69) is 92.1 Å². The van der Waals surface area contributed by atoms with Crippen LogP contribution in [0.15, 0.2) is 85.1 Å². The van der Waals surface area contributed by atoms with Gasteiger partial charge in [0, 0.05) is 6.42 Å². The predicted octanol–water partition coefficient (Wildman–Crippen LogP) is 14.2. The first-order chi connectivity index (χ1) is 50.3. The van der Waals surface area contributed by atoms with Gasteiger partial charge in [0.05, 0.1) is 38.6 Å². The number of aliphatic hydroxyl groups excluding tert-OH is 11. The highest BCUT2D eigenvalue weighted by Crippen LogP contribution is 2.33. The van der Waals surface area contributed by atoms with E-state index in [0.29, 0.717) is 12.8 Å². The van der Waals surface area contributed by atoms with Crippen molar-refractivity contribution in [2.75, 3.05) is 26.4 Å². The van der Waals surface area contributed by atoms with Crippen LogP contribution in [0.2, 0.25) is 0 Å². The molecule has 3 aliphatic heterocycles. The number of rotatable bonds is 65. The van der Waals surface area contributed by atoms with Crippen LogP contribution in [0, 0.1) is 0 Å². The minimum absolute atomic E-state index is 0.237. The zero-order valence-electron chi connectivity index (χ0n) is 64.0. The lowest BCUT2D eigenvalue weighted by molar-refractivity contribution is -0.379. The van der Waals surface area contributed by atoms with Crippen LogP contribution in [0.1, 0.15) is 309 Å². The van der Waals surface area contributed by atoms with Crippen molar-refractivity contribution >= 4 is 5.91 Å². The van der Waals surface area contributed by atoms with Crippen molar-refractivity contribution in [3.8, 4) is 0 Å². The standard InChI is InChI=1S/C84H149NO18/c1-3-5-7-9-11-13-15-17-19-21-22-23-24-25-26-27-28-29-30-31-32-33-34-35-36-37-38-39-40-41-42-43-44-46-48-50-52-54-56-58-60-62-72(90)85-67(68(89)61-59-57-55-53-51-49-47-45-20-18-16-14-12-10-8-6-4-2)66-98-82-78(96)75(93)80(70(64-87)100-82)103-84-79(97)76(94)81(71(65-88)101-84)102-83-77(95)74(92)73(91)69(63-86)99-83/h5,7,11,13,17,19,22-23,25-26,51,53,59,61,67-71,73-84,86-89,91-97H,3-4,6,8-10,12,14-16,18,20-21,24,27-50,52,54-58,60,62-66H2,1-2H3,(H,85,90)/b7-5-,13-11-,19-17-,23-22-,26-25-,53-51+,61-59+. The topological polar surface area (TPSA) is 307 Å². The Bertz CT molecular complexity index is 2190. The molecule has 12 N–H and O–H groups in total. The third-order valence-electron chi connectivity index (χ3n) is 20.2. The molecule has 103 heavy (non-hydrogen) atoms. The Labute approximate surface area is 622 Å². The van der Waals surface area contributed by atoms with Crippen LogP contribution < -0.4 is 5.32 Å². The van der Waals surface area contributed by atoms with Crippen molar-refractivity contribution < 1.29 is 89.4 Å². The fourth-order valence-electron chi connectivity index (χ4n) is 13.6. The van der Waals surface area contributed by atoms with Gasteiger partial charge in [-0.2, -0.15) is 0 Å². The molecule has 0 aromatic rings. The average molecular weight is 1460 g/mol. The lowest BCUT2D eigenvalue weighted by Crippen LogP contribution is -2.66. The monoisotopic (exact) mass is 1460 g/mol. The molecule has 0 aromatic heterocycles. The Morgan fingerprint density at radius 3 is 1.09 bits per heavy atom. The molecule has 17 atom stereocenters. The fourth-order valence-corrected chi connectivity index (χ4v) is 13.6. The first-order valence-electron chi connectivity index (χ1n) is 41.3. The summed E-state index contributed by atoms with van der Waals surface area (Å²) in [5, 5.41) is 121. The number of nitrogens with one attached hydrogen (secondary N) is 1. The van der Waals surface area contributed by atoms with Gasteiger partial charge in [-0.1, -0.05) is 311 Å². The van der Waals surface area contributed by atoms with E-state index in [9.17, 15) is 61.0 Å². The number of carbonyl (C=O) groups excluding carboxylic acids is 1. The molecule has 17 unspecified atom stereocenters. The zero-order chi connectivity index (χ0) is 74.6. The van der Waals surface area contributed by atoms with Crippen molar-refractivity contribution in [1.82, 2.24) is 5.32 Å². The molecular formula is C84H149NO18. The zero-order valence-corrected chi connectivity index (χ0v) is 64.0. The van der Waals surface area contributed by atoms with Crippen LogP contribution in [-0.2, 0) is 33.2 Å². The average Bonchev–Trinajstić information content (AvgIpc) is 0.782. The number of carbonyl (C=O) groups is 1. The first kappa shape index (κ1) is 94.2. The molecule has 1 amide bonds. The highest BCUT2D eigenvalue weighted by atomic mass is 16.8. The van der Waals surface area contributed by atoms with E-state index < -0.39 is 124 Å². The van der Waals surface area contributed by atoms with Gasteiger partial charge in [0.15, 0.2) is 18.9 Å². The summed E-state index contributed by atoms with van der Waals surface area (Å²) >= 11 is 0. The van der Waals surface area contributed by atoms with E-state index >= 15 is 0 Å². The van der Waals surface area contributed by atoms with Crippen LogP contribution in [0.5, 0.6) is 0 Å². The van der Waals surface area contributed by atoms with Crippen LogP contribution in [-0.4, -0.2) is 193 Å². The fraction of sp³-hybridized carbons (Fsp3) is 0.821. The highest BCUT2D eigenvalue weighted by molar-refractivity contribution is 5.76. The lowest BCUT2D eigenvalue weighted by Gasteiger charge is -2.48. The van der Waals surface area contributed by atoms with Crippen molar-refractivity contribution in [2.45, 2.75) is 413 Å². The Morgan fingerprint density at radius 2 is 0.680 bits per heavy atom. The lowest BCUT2D eigenvalue weighted by atomic mass is 9.96. The second-order valence-electron chi connectivity index (χ2n) is 29.2. The molecule has 0 bridgehead atoms. The number of unbranched alkanes of at least 4 members (excludes halogenated alkanes) is 37. The van der Waals surface area contributed by atoms with Gasteiger partial charge < -0.3 is 89.9 Å². The van der Waals surface area contributed by atoms with Crippen molar-refractivity contribution in [1.29, 1.82) is 0 Å². The molecular weight excluding hydrogens is 1310 g/mol. The van der Waals surface area contributed by atoms with Gasteiger partial charge in [-0.3, -0.25) is 4.79 Å². The quantitative estimate of drug-likeness (QED) is 0.0199. The molecule has 19 nitrogen and oxygen atoms in total. The molecule has 19 heteroatoms. The number of hydrogen-bond acceptors (Lipinski definition) is 18. The van der Waals surface area contributed by atoms with Gasteiger partial charge >= 0.3 is 0 Å². The second kappa shape index (κ2) is 63.9. The Balaban J connectivity index is 1.29. The van der Waals surface area contributed by atoms with E-state index in [1.165, 1.54) is 205 Å². The number of amides is 1. The molecule has 3 aliphatic rings. The van der Waals surface area contributed by atoms with Gasteiger partial charge in [0.1, 0.15) is 73.2 Å². The second-order valence-corrected chi connectivity index (χ2v) is 29.2. The normalized spacial score (nSPS) is 26.5. The molecule has 0 saturated carbocycles. The summed E-state index contributed by atoms with van der Waals surface area (Å²) in [6, 6.07) is -0.991. The highest BCUT2D eigenvalue weighted by Gasteiger charge is 2.54. The van der Waals surface area contributed by atoms with Gasteiger partial charge in [-0.25, -0.2) is 0 Å². The predicted molar refractivity (Wildman–Crippen MR) is 411 cm³/mol. The smallest absolute Gasteiger partial charge is 0.220 e. The molecule has 0 radical (unpaired) electrons. The first-order valence-corrected chi connectivity index (χ1v) is 41.3. The minimum atomic E-state index is -1.98. The van der Waals surface area contributed by atoms with Gasteiger partial charge in [-0.15, -0.1) is 0 Å². The van der Waals surface area contributed by atoms with Gasteiger partial charge in [-0.05, 0) is 77.0 Å². The summed E-state index contributed by atoms with van der Waals surface area (Å²) in [5.74, 6) is -0.282. The molecule has 3 rings (SSSR count). The molecule has 3 heterocycles. The molecule has 3 saturated heterocycles. The molecule has 0 aromatic carbocycles. The SMILES string of the molecule is CC/C=C\C/C=C\C/C=C\C/C=C\C/C=C\CCCCCCCCCCCCCCCCCCCCCCCCCCCC(=O)NC(COC1OC(CO)C(OC2OC(CO)C(OC3OC(CO)C(O)C(O)C3O)C(O)C2O)C(O)C1O)C(O)/C=C/CC/C=C/CCCCCCCCCCCCC. The molecule has 598 valence electrons. The van der Waals surface area contributed by atoms with Crippen LogP contribution in [0.25, 0.3) is 0 Å².